The lowest BCUT2D eigenvalue weighted by Crippen LogP contribution is -2.26. The van der Waals surface area contributed by atoms with Crippen molar-refractivity contribution in [2.75, 3.05) is 0 Å². The van der Waals surface area contributed by atoms with Crippen molar-refractivity contribution in [3.05, 3.63) is 23.8 Å². The first kappa shape index (κ1) is 23.7. The summed E-state index contributed by atoms with van der Waals surface area (Å²) in [5.41, 5.74) is 1.31. The average Bonchev–Trinajstić information content (AvgIpc) is 2.80. The molecule has 1 aromatic heterocycles. The lowest BCUT2D eigenvalue weighted by atomic mass is 9.68. The fourth-order valence-electron chi connectivity index (χ4n) is 6.13. The number of hydrogen-bond acceptors (Lipinski definition) is 2. The molecule has 0 spiro atoms. The summed E-state index contributed by atoms with van der Waals surface area (Å²) in [4.78, 5) is 9.31. The lowest BCUT2D eigenvalue weighted by molar-refractivity contribution is 0.140. The first-order valence-corrected chi connectivity index (χ1v) is 13.6. The second-order valence-corrected chi connectivity index (χ2v) is 10.6. The van der Waals surface area contributed by atoms with Gasteiger partial charge < -0.3 is 0 Å². The van der Waals surface area contributed by atoms with Crippen LogP contribution < -0.4 is 0 Å². The molecule has 0 atom stereocenters. The van der Waals surface area contributed by atoms with Crippen LogP contribution in [0.25, 0.3) is 0 Å². The molecule has 2 nitrogen and oxygen atoms in total. The van der Waals surface area contributed by atoms with Crippen LogP contribution in [-0.2, 0) is 12.8 Å². The molecule has 1 heterocycles. The molecule has 2 aliphatic rings. The van der Waals surface area contributed by atoms with Crippen LogP contribution in [0.4, 0.5) is 0 Å². The van der Waals surface area contributed by atoms with Gasteiger partial charge in [-0.05, 0) is 74.2 Å². The zero-order valence-electron chi connectivity index (χ0n) is 20.1. The lowest BCUT2D eigenvalue weighted by Gasteiger charge is -2.38. The highest BCUT2D eigenvalue weighted by molar-refractivity contribution is 5.05. The van der Waals surface area contributed by atoms with Gasteiger partial charge in [-0.15, -0.1) is 0 Å². The van der Waals surface area contributed by atoms with E-state index in [0.29, 0.717) is 0 Å². The van der Waals surface area contributed by atoms with E-state index >= 15 is 0 Å². The Bertz CT molecular complexity index is 551. The van der Waals surface area contributed by atoms with Crippen molar-refractivity contribution in [1.29, 1.82) is 0 Å². The third-order valence-electron chi connectivity index (χ3n) is 8.27. The molecule has 0 unspecified atom stereocenters. The van der Waals surface area contributed by atoms with Gasteiger partial charge in [0.15, 0.2) is 0 Å². The Labute approximate surface area is 187 Å². The van der Waals surface area contributed by atoms with E-state index in [9.17, 15) is 0 Å². The molecule has 1 aromatic rings. The first-order valence-electron chi connectivity index (χ1n) is 13.6. The van der Waals surface area contributed by atoms with E-state index in [1.54, 1.807) is 0 Å². The van der Waals surface area contributed by atoms with Gasteiger partial charge in [0.1, 0.15) is 5.82 Å². The zero-order chi connectivity index (χ0) is 21.0. The topological polar surface area (TPSA) is 25.8 Å². The second kappa shape index (κ2) is 13.5. The van der Waals surface area contributed by atoms with Gasteiger partial charge >= 0.3 is 0 Å². The average molecular weight is 413 g/mol. The molecule has 0 saturated heterocycles. The minimum absolute atomic E-state index is 0.916. The van der Waals surface area contributed by atoms with Crippen LogP contribution >= 0.6 is 0 Å². The summed E-state index contributed by atoms with van der Waals surface area (Å²) >= 11 is 0. The summed E-state index contributed by atoms with van der Waals surface area (Å²) in [5.74, 6) is 5.13. The summed E-state index contributed by atoms with van der Waals surface area (Å²) in [6, 6.07) is 0. The predicted octanol–water partition coefficient (Wildman–Crippen LogP) is 8.34. The predicted molar refractivity (Wildman–Crippen MR) is 129 cm³/mol. The summed E-state index contributed by atoms with van der Waals surface area (Å²) in [5, 5.41) is 0. The molecule has 0 bridgehead atoms. The van der Waals surface area contributed by atoms with Crippen molar-refractivity contribution < 1.29 is 0 Å². The van der Waals surface area contributed by atoms with Gasteiger partial charge in [0, 0.05) is 18.8 Å². The number of hydrogen-bond donors (Lipinski definition) is 0. The minimum atomic E-state index is 0.916. The molecule has 2 fully saturated rings. The fourth-order valence-corrected chi connectivity index (χ4v) is 6.13. The van der Waals surface area contributed by atoms with E-state index in [2.05, 4.69) is 36.2 Å². The van der Waals surface area contributed by atoms with Crippen molar-refractivity contribution in [3.63, 3.8) is 0 Å². The Morgan fingerprint density at radius 1 is 0.633 bits per heavy atom. The number of unbranched alkanes of at least 4 members (excludes halogenated alkanes) is 4. The van der Waals surface area contributed by atoms with Crippen LogP contribution in [0, 0.1) is 23.7 Å². The number of aryl methyl sites for hydroxylation is 2. The van der Waals surface area contributed by atoms with Gasteiger partial charge in [-0.3, -0.25) is 0 Å². The SMILES string of the molecule is CCCCCc1cnc(CC[C@H]2CC[C@H]([C@H]3CC[C@H](CCCCC)CC3)CC2)nc1. The normalized spacial score (nSPS) is 27.3. The Kier molecular flexibility index (Phi) is 10.7. The van der Waals surface area contributed by atoms with E-state index in [1.807, 2.05) is 0 Å². The standard InChI is InChI=1S/C28H48N2/c1-3-5-7-9-23-11-16-26(17-12-23)27-18-13-24(14-19-27)15-20-28-29-21-25(22-30-28)10-8-6-4-2/h21-24,26-27H,3-20H2,1-2H3/t23-,24-,26-,27-. The van der Waals surface area contributed by atoms with Crippen LogP contribution in [0.2, 0.25) is 0 Å². The zero-order valence-corrected chi connectivity index (χ0v) is 20.1. The quantitative estimate of drug-likeness (QED) is 0.322. The molecule has 2 saturated carbocycles. The second-order valence-electron chi connectivity index (χ2n) is 10.6. The molecular weight excluding hydrogens is 364 g/mol. The molecule has 30 heavy (non-hydrogen) atoms. The third kappa shape index (κ3) is 7.97. The monoisotopic (exact) mass is 412 g/mol. The highest BCUT2D eigenvalue weighted by Gasteiger charge is 2.30. The van der Waals surface area contributed by atoms with Crippen molar-refractivity contribution in [2.24, 2.45) is 23.7 Å². The van der Waals surface area contributed by atoms with Gasteiger partial charge in [0.2, 0.25) is 0 Å². The molecule has 3 rings (SSSR count). The third-order valence-corrected chi connectivity index (χ3v) is 8.27. The van der Waals surface area contributed by atoms with Crippen LogP contribution in [0.1, 0.15) is 128 Å². The summed E-state index contributed by atoms with van der Waals surface area (Å²) in [6.07, 6.45) is 29.3. The van der Waals surface area contributed by atoms with Crippen LogP contribution in [-0.4, -0.2) is 9.97 Å². The summed E-state index contributed by atoms with van der Waals surface area (Å²) in [7, 11) is 0. The fraction of sp³-hybridized carbons (Fsp3) is 0.857. The van der Waals surface area contributed by atoms with Crippen LogP contribution in [0.3, 0.4) is 0 Å². The molecule has 0 radical (unpaired) electrons. The van der Waals surface area contributed by atoms with Gasteiger partial charge in [-0.2, -0.15) is 0 Å². The van der Waals surface area contributed by atoms with Gasteiger partial charge in [-0.25, -0.2) is 9.97 Å². The minimum Gasteiger partial charge on any atom is -0.241 e. The Balaban J connectivity index is 1.29. The summed E-state index contributed by atoms with van der Waals surface area (Å²) < 4.78 is 0. The maximum atomic E-state index is 4.65. The molecule has 0 aliphatic heterocycles. The highest BCUT2D eigenvalue weighted by atomic mass is 14.9. The van der Waals surface area contributed by atoms with Gasteiger partial charge in [0.05, 0.1) is 0 Å². The van der Waals surface area contributed by atoms with Crippen LogP contribution in [0.15, 0.2) is 12.4 Å². The van der Waals surface area contributed by atoms with E-state index in [1.165, 1.54) is 108 Å². The Hall–Kier alpha value is -0.920. The molecule has 2 heteroatoms. The molecule has 2 aliphatic carbocycles. The van der Waals surface area contributed by atoms with E-state index < -0.39 is 0 Å². The number of rotatable bonds is 12. The Morgan fingerprint density at radius 3 is 1.73 bits per heavy atom. The van der Waals surface area contributed by atoms with E-state index in [0.717, 1.165) is 42.3 Å². The molecule has 0 aromatic carbocycles. The summed E-state index contributed by atoms with van der Waals surface area (Å²) in [6.45, 7) is 4.58. The maximum Gasteiger partial charge on any atom is 0.128 e. The molecule has 0 N–H and O–H groups in total. The van der Waals surface area contributed by atoms with Crippen molar-refractivity contribution >= 4 is 0 Å². The number of nitrogens with zero attached hydrogens (tertiary/aromatic N) is 2. The highest BCUT2D eigenvalue weighted by Crippen LogP contribution is 2.43. The molecule has 0 amide bonds. The van der Waals surface area contributed by atoms with Gasteiger partial charge in [-0.1, -0.05) is 78.1 Å². The molecular formula is C28H48N2. The molecule has 170 valence electrons. The van der Waals surface area contributed by atoms with Gasteiger partial charge in [0.25, 0.3) is 0 Å². The van der Waals surface area contributed by atoms with E-state index in [4.69, 9.17) is 0 Å². The Morgan fingerprint density at radius 2 is 1.17 bits per heavy atom. The van der Waals surface area contributed by atoms with Crippen molar-refractivity contribution in [3.8, 4) is 0 Å². The maximum absolute atomic E-state index is 4.65. The van der Waals surface area contributed by atoms with Crippen LogP contribution in [0.5, 0.6) is 0 Å². The largest absolute Gasteiger partial charge is 0.241 e. The number of aromatic nitrogens is 2. The smallest absolute Gasteiger partial charge is 0.128 e. The first-order chi connectivity index (χ1) is 14.8. The van der Waals surface area contributed by atoms with E-state index in [-0.39, 0.29) is 0 Å². The van der Waals surface area contributed by atoms with Crippen molar-refractivity contribution in [1.82, 2.24) is 9.97 Å². The van der Waals surface area contributed by atoms with Crippen molar-refractivity contribution in [2.45, 2.75) is 129 Å².